The zero-order valence-corrected chi connectivity index (χ0v) is 17.7. The van der Waals surface area contributed by atoms with E-state index in [0.717, 1.165) is 9.14 Å². The molecule has 1 N–H and O–H groups in total. The Morgan fingerprint density at radius 1 is 1.19 bits per heavy atom. The first-order chi connectivity index (χ1) is 12.1. The largest absolute Gasteiger partial charge is 0.500 e. The van der Waals surface area contributed by atoms with E-state index in [0.29, 0.717) is 22.5 Å². The Hall–Kier alpha value is -1.89. The van der Waals surface area contributed by atoms with Crippen LogP contribution in [0.15, 0.2) is 58.9 Å². The van der Waals surface area contributed by atoms with Crippen molar-refractivity contribution < 1.29 is 19.4 Å². The number of ether oxygens (including phenoxy) is 1. The molecule has 0 saturated carbocycles. The van der Waals surface area contributed by atoms with Crippen LogP contribution >= 0.6 is 22.6 Å². The van der Waals surface area contributed by atoms with Crippen LogP contribution in [0.1, 0.15) is 38.1 Å². The monoisotopic (exact) mass is 466 g/mol. The van der Waals surface area contributed by atoms with E-state index in [4.69, 9.17) is 4.74 Å². The lowest BCUT2D eigenvalue weighted by Crippen LogP contribution is -2.33. The summed E-state index contributed by atoms with van der Waals surface area (Å²) in [4.78, 5) is 24.2. The number of benzene rings is 1. The summed E-state index contributed by atoms with van der Waals surface area (Å²) in [7, 11) is 1.54. The van der Waals surface area contributed by atoms with Crippen LogP contribution in [0.25, 0.3) is 0 Å². The summed E-state index contributed by atoms with van der Waals surface area (Å²) < 4.78 is 6.62. The van der Waals surface area contributed by atoms with Gasteiger partial charge in [-0.2, -0.15) is 0 Å². The smallest absolute Gasteiger partial charge is 0.336 e. The highest BCUT2D eigenvalue weighted by molar-refractivity contribution is 14.1. The number of carbonyl (C=O) groups is 2. The summed E-state index contributed by atoms with van der Waals surface area (Å²) in [6.45, 7) is 7.53. The molecule has 2 rings (SSSR count). The van der Waals surface area contributed by atoms with Gasteiger partial charge < -0.3 is 9.84 Å². The van der Waals surface area contributed by atoms with Crippen molar-refractivity contribution in [2.45, 2.75) is 27.7 Å². The van der Waals surface area contributed by atoms with Gasteiger partial charge in [0.2, 0.25) is 0 Å². The third-order valence-corrected chi connectivity index (χ3v) is 5.87. The number of ketones is 1. The van der Waals surface area contributed by atoms with E-state index in [1.54, 1.807) is 25.1 Å². The van der Waals surface area contributed by atoms with Crippen molar-refractivity contribution in [3.63, 3.8) is 0 Å². The van der Waals surface area contributed by atoms with Gasteiger partial charge in [-0.3, -0.25) is 4.79 Å². The molecule has 1 atom stereocenters. The minimum atomic E-state index is -0.958. The molecule has 0 aromatic heterocycles. The van der Waals surface area contributed by atoms with Crippen molar-refractivity contribution in [2.24, 2.45) is 11.3 Å². The maximum absolute atomic E-state index is 12.5. The third-order valence-electron chi connectivity index (χ3n) is 5.15. The molecule has 1 aromatic carbocycles. The lowest BCUT2D eigenvalue weighted by Gasteiger charge is -2.40. The minimum Gasteiger partial charge on any atom is -0.500 e. The number of halogens is 1. The van der Waals surface area contributed by atoms with Gasteiger partial charge in [-0.25, -0.2) is 4.79 Å². The molecule has 0 radical (unpaired) electrons. The average Bonchev–Trinajstić information content (AvgIpc) is 2.57. The number of carbonyl (C=O) groups excluding carboxylic acids is 1. The van der Waals surface area contributed by atoms with Crippen LogP contribution in [-0.4, -0.2) is 24.0 Å². The Morgan fingerprint density at radius 3 is 2.27 bits per heavy atom. The maximum atomic E-state index is 12.5. The lowest BCUT2D eigenvalue weighted by atomic mass is 9.66. The number of hydrogen-bond acceptors (Lipinski definition) is 3. The number of aliphatic carboxylic acids is 1. The number of carboxylic acids is 1. The Labute approximate surface area is 167 Å². The van der Waals surface area contributed by atoms with Gasteiger partial charge in [0.05, 0.1) is 12.7 Å². The number of methoxy groups -OCH3 is 1. The van der Waals surface area contributed by atoms with E-state index in [1.165, 1.54) is 7.11 Å². The number of allylic oxidation sites excluding steroid dienone is 3. The zero-order valence-electron chi connectivity index (χ0n) is 15.6. The van der Waals surface area contributed by atoms with E-state index in [1.807, 2.05) is 39.0 Å². The first kappa shape index (κ1) is 20.4. The van der Waals surface area contributed by atoms with Gasteiger partial charge in [0.15, 0.2) is 5.78 Å². The molecule has 0 heterocycles. The second-order valence-electron chi connectivity index (χ2n) is 6.93. The molecular formula is C21H23IO4. The fraction of sp³-hybridized carbons (Fsp3) is 0.333. The van der Waals surface area contributed by atoms with Crippen LogP contribution in [0.2, 0.25) is 0 Å². The van der Waals surface area contributed by atoms with Crippen molar-refractivity contribution in [3.8, 4) is 0 Å². The predicted molar refractivity (Wildman–Crippen MR) is 110 cm³/mol. The minimum absolute atomic E-state index is 0.0871. The normalized spacial score (nSPS) is 19.8. The molecule has 1 aromatic rings. The van der Waals surface area contributed by atoms with E-state index in [9.17, 15) is 14.7 Å². The van der Waals surface area contributed by atoms with Crippen LogP contribution in [0.3, 0.4) is 0 Å². The van der Waals surface area contributed by atoms with Crippen LogP contribution < -0.4 is 0 Å². The van der Waals surface area contributed by atoms with Crippen LogP contribution in [0.4, 0.5) is 0 Å². The molecule has 1 aliphatic rings. The van der Waals surface area contributed by atoms with Gasteiger partial charge in [-0.1, -0.05) is 37.6 Å². The van der Waals surface area contributed by atoms with Crippen molar-refractivity contribution in [2.75, 3.05) is 7.11 Å². The van der Waals surface area contributed by atoms with Gasteiger partial charge in [0.1, 0.15) is 5.76 Å². The molecule has 0 amide bonds. The molecule has 138 valence electrons. The highest BCUT2D eigenvalue weighted by Crippen LogP contribution is 2.48. The summed E-state index contributed by atoms with van der Waals surface area (Å²) in [5, 5.41) is 9.58. The van der Waals surface area contributed by atoms with Crippen LogP contribution in [-0.2, 0) is 9.53 Å². The van der Waals surface area contributed by atoms with Crippen molar-refractivity contribution >= 4 is 34.3 Å². The molecule has 4 nitrogen and oxygen atoms in total. The first-order valence-corrected chi connectivity index (χ1v) is 9.37. The van der Waals surface area contributed by atoms with Gasteiger partial charge in [-0.05, 0) is 60.1 Å². The first-order valence-electron chi connectivity index (χ1n) is 8.29. The Bertz CT molecular complexity index is 826. The average molecular weight is 466 g/mol. The molecule has 0 saturated heterocycles. The third kappa shape index (κ3) is 3.77. The van der Waals surface area contributed by atoms with Crippen molar-refractivity contribution in [3.05, 3.63) is 68.0 Å². The Balaban J connectivity index is 2.43. The maximum Gasteiger partial charge on any atom is 0.336 e. The molecule has 1 unspecified atom stereocenters. The molecule has 1 aliphatic carbocycles. The lowest BCUT2D eigenvalue weighted by molar-refractivity contribution is -0.132. The van der Waals surface area contributed by atoms with Crippen molar-refractivity contribution in [1.82, 2.24) is 0 Å². The van der Waals surface area contributed by atoms with E-state index < -0.39 is 11.4 Å². The number of rotatable bonds is 5. The van der Waals surface area contributed by atoms with Gasteiger partial charge >= 0.3 is 5.97 Å². The molecular weight excluding hydrogens is 443 g/mol. The van der Waals surface area contributed by atoms with Gasteiger partial charge in [0, 0.05) is 20.6 Å². The molecule has 0 aliphatic heterocycles. The number of carboxylic acid groups (broad SMARTS) is 1. The van der Waals surface area contributed by atoms with E-state index in [-0.39, 0.29) is 11.7 Å². The quantitative estimate of drug-likeness (QED) is 0.377. The summed E-state index contributed by atoms with van der Waals surface area (Å²) in [6.07, 6.45) is 3.38. The molecule has 0 spiro atoms. The summed E-state index contributed by atoms with van der Waals surface area (Å²) in [5.41, 5.74) is 1.81. The SMILES string of the molecule is COC1=C(C)C(C(=O)O)=C(C)C(C)(C)C1C=CC(=O)c1ccc(I)cc1. The highest BCUT2D eigenvalue weighted by atomic mass is 127. The fourth-order valence-electron chi connectivity index (χ4n) is 3.34. The van der Waals surface area contributed by atoms with Gasteiger partial charge in [-0.15, -0.1) is 0 Å². The molecule has 26 heavy (non-hydrogen) atoms. The zero-order chi connectivity index (χ0) is 19.6. The number of hydrogen-bond donors (Lipinski definition) is 1. The summed E-state index contributed by atoms with van der Waals surface area (Å²) >= 11 is 2.20. The Kier molecular flexibility index (Phi) is 6.11. The van der Waals surface area contributed by atoms with E-state index in [2.05, 4.69) is 22.6 Å². The van der Waals surface area contributed by atoms with Crippen molar-refractivity contribution in [1.29, 1.82) is 0 Å². The second-order valence-corrected chi connectivity index (χ2v) is 8.17. The second kappa shape index (κ2) is 7.78. The highest BCUT2D eigenvalue weighted by Gasteiger charge is 2.41. The summed E-state index contributed by atoms with van der Waals surface area (Å²) in [6, 6.07) is 7.38. The predicted octanol–water partition coefficient (Wildman–Crippen LogP) is 5.01. The van der Waals surface area contributed by atoms with Crippen LogP contribution in [0.5, 0.6) is 0 Å². The van der Waals surface area contributed by atoms with Crippen LogP contribution in [0, 0.1) is 14.9 Å². The fourth-order valence-corrected chi connectivity index (χ4v) is 3.70. The molecule has 5 heteroatoms. The summed E-state index contributed by atoms with van der Waals surface area (Å²) in [5.74, 6) is -0.677. The Morgan fingerprint density at radius 2 is 1.77 bits per heavy atom. The molecule has 0 bridgehead atoms. The topological polar surface area (TPSA) is 63.6 Å². The standard InChI is InChI=1S/C21H23IO4/c1-12-18(20(24)25)13(2)21(3,4)16(19(12)26-5)10-11-17(23)14-6-8-15(22)9-7-14/h6-11,16H,1-5H3,(H,24,25). The van der Waals surface area contributed by atoms with Gasteiger partial charge in [0.25, 0.3) is 0 Å². The van der Waals surface area contributed by atoms with E-state index >= 15 is 0 Å². The molecule has 0 fully saturated rings.